The van der Waals surface area contributed by atoms with E-state index in [-0.39, 0.29) is 0 Å². The number of hydrogen-bond donors (Lipinski definition) is 0. The number of rotatable bonds is 16. The quantitative estimate of drug-likeness (QED) is 0.275. The van der Waals surface area contributed by atoms with Crippen LogP contribution in [0.4, 0.5) is 0 Å². The van der Waals surface area contributed by atoms with E-state index in [4.69, 9.17) is 0 Å². The van der Waals surface area contributed by atoms with Gasteiger partial charge in [-0.25, -0.2) is 0 Å². The molecular formula is C26H43N3. The van der Waals surface area contributed by atoms with Crippen LogP contribution in [-0.2, 0) is 19.4 Å². The van der Waals surface area contributed by atoms with E-state index in [9.17, 15) is 0 Å². The van der Waals surface area contributed by atoms with Gasteiger partial charge in [0, 0.05) is 12.5 Å². The molecular weight excluding hydrogens is 354 g/mol. The fraction of sp³-hybridized carbons (Fsp3) is 0.692. The van der Waals surface area contributed by atoms with E-state index in [1.54, 1.807) is 5.56 Å². The van der Waals surface area contributed by atoms with Gasteiger partial charge in [-0.3, -0.25) is 0 Å². The lowest BCUT2D eigenvalue weighted by molar-refractivity contribution is 0.480. The van der Waals surface area contributed by atoms with Crippen molar-refractivity contribution in [3.8, 4) is 0 Å². The summed E-state index contributed by atoms with van der Waals surface area (Å²) in [6, 6.07) is 7.12. The highest BCUT2D eigenvalue weighted by molar-refractivity contribution is 5.35. The molecule has 0 aliphatic heterocycles. The van der Waals surface area contributed by atoms with Crippen LogP contribution in [0.15, 0.2) is 30.9 Å². The van der Waals surface area contributed by atoms with Crippen molar-refractivity contribution in [2.45, 2.75) is 117 Å². The van der Waals surface area contributed by atoms with Gasteiger partial charge < -0.3 is 4.57 Å². The SMILES string of the molecule is CCCCCCCCCCCCC(Cn1cnnc1)c1cc(CC)ccc1CC. The Morgan fingerprint density at radius 2 is 1.38 bits per heavy atom. The highest BCUT2D eigenvalue weighted by Crippen LogP contribution is 2.29. The fourth-order valence-electron chi connectivity index (χ4n) is 4.36. The summed E-state index contributed by atoms with van der Waals surface area (Å²) in [5.41, 5.74) is 4.51. The van der Waals surface area contributed by atoms with E-state index in [1.165, 1.54) is 81.8 Å². The van der Waals surface area contributed by atoms with Gasteiger partial charge in [-0.05, 0) is 36.0 Å². The molecule has 0 amide bonds. The number of benzene rings is 1. The molecule has 162 valence electrons. The third-order valence-corrected chi connectivity index (χ3v) is 6.24. The highest BCUT2D eigenvalue weighted by atomic mass is 15.2. The van der Waals surface area contributed by atoms with E-state index in [0.29, 0.717) is 5.92 Å². The summed E-state index contributed by atoms with van der Waals surface area (Å²) in [5, 5.41) is 8.03. The van der Waals surface area contributed by atoms with Crippen LogP contribution in [0.3, 0.4) is 0 Å². The first kappa shape index (κ1) is 23.6. The third-order valence-electron chi connectivity index (χ3n) is 6.24. The minimum Gasteiger partial charge on any atom is -0.320 e. The van der Waals surface area contributed by atoms with Crippen molar-refractivity contribution in [1.82, 2.24) is 14.8 Å². The first-order valence-electron chi connectivity index (χ1n) is 12.2. The first-order valence-corrected chi connectivity index (χ1v) is 12.2. The second-order valence-corrected chi connectivity index (χ2v) is 8.57. The molecule has 0 radical (unpaired) electrons. The van der Waals surface area contributed by atoms with Gasteiger partial charge in [0.15, 0.2) is 0 Å². The number of unbranched alkanes of at least 4 members (excludes halogenated alkanes) is 9. The van der Waals surface area contributed by atoms with Crippen molar-refractivity contribution >= 4 is 0 Å². The zero-order valence-electron chi connectivity index (χ0n) is 19.2. The number of aryl methyl sites for hydroxylation is 2. The Balaban J connectivity index is 1.84. The molecule has 2 aromatic rings. The lowest BCUT2D eigenvalue weighted by Gasteiger charge is -2.22. The highest BCUT2D eigenvalue weighted by Gasteiger charge is 2.16. The zero-order valence-corrected chi connectivity index (χ0v) is 19.2. The van der Waals surface area contributed by atoms with E-state index in [2.05, 4.69) is 53.7 Å². The van der Waals surface area contributed by atoms with E-state index < -0.39 is 0 Å². The van der Waals surface area contributed by atoms with Crippen molar-refractivity contribution in [1.29, 1.82) is 0 Å². The summed E-state index contributed by atoms with van der Waals surface area (Å²) in [7, 11) is 0. The fourth-order valence-corrected chi connectivity index (χ4v) is 4.36. The van der Waals surface area contributed by atoms with Gasteiger partial charge >= 0.3 is 0 Å². The first-order chi connectivity index (χ1) is 14.3. The molecule has 0 saturated carbocycles. The predicted molar refractivity (Wildman–Crippen MR) is 124 cm³/mol. The molecule has 2 rings (SSSR count). The van der Waals surface area contributed by atoms with Crippen molar-refractivity contribution in [2.75, 3.05) is 0 Å². The molecule has 0 saturated heterocycles. The van der Waals surface area contributed by atoms with Gasteiger partial charge in [0.25, 0.3) is 0 Å². The van der Waals surface area contributed by atoms with Crippen LogP contribution in [0.5, 0.6) is 0 Å². The Bertz CT molecular complexity index is 648. The van der Waals surface area contributed by atoms with Crippen LogP contribution >= 0.6 is 0 Å². The average molecular weight is 398 g/mol. The van der Waals surface area contributed by atoms with Crippen molar-refractivity contribution < 1.29 is 0 Å². The summed E-state index contributed by atoms with van der Waals surface area (Å²) in [4.78, 5) is 0. The second kappa shape index (κ2) is 14.4. The summed E-state index contributed by atoms with van der Waals surface area (Å²) in [5.74, 6) is 0.557. The maximum Gasteiger partial charge on any atom is 0.119 e. The van der Waals surface area contributed by atoms with Crippen LogP contribution in [0.1, 0.15) is 114 Å². The van der Waals surface area contributed by atoms with Crippen LogP contribution in [-0.4, -0.2) is 14.8 Å². The smallest absolute Gasteiger partial charge is 0.119 e. The number of aromatic nitrogens is 3. The van der Waals surface area contributed by atoms with Gasteiger partial charge in [0.2, 0.25) is 0 Å². The molecule has 0 fully saturated rings. The van der Waals surface area contributed by atoms with E-state index in [1.807, 2.05) is 12.7 Å². The largest absolute Gasteiger partial charge is 0.320 e. The monoisotopic (exact) mass is 397 g/mol. The summed E-state index contributed by atoms with van der Waals surface area (Å²) < 4.78 is 2.15. The van der Waals surface area contributed by atoms with Crippen LogP contribution in [0, 0.1) is 0 Å². The molecule has 0 bridgehead atoms. The van der Waals surface area contributed by atoms with Crippen LogP contribution in [0.2, 0.25) is 0 Å². The lowest BCUT2D eigenvalue weighted by Crippen LogP contribution is -2.11. The van der Waals surface area contributed by atoms with Gasteiger partial charge in [-0.15, -0.1) is 10.2 Å². The molecule has 3 nitrogen and oxygen atoms in total. The third kappa shape index (κ3) is 8.72. The Morgan fingerprint density at radius 1 is 0.759 bits per heavy atom. The molecule has 1 unspecified atom stereocenters. The predicted octanol–water partition coefficient (Wildman–Crippen LogP) is 7.50. The standard InChI is InChI=1S/C26H43N3/c1-4-7-8-9-10-11-12-13-14-15-16-25(20-29-21-27-28-22-29)26-19-23(5-2)17-18-24(26)6-3/h17-19,21-22,25H,4-16,20H2,1-3H3. The van der Waals surface area contributed by atoms with Crippen LogP contribution in [0.25, 0.3) is 0 Å². The molecule has 0 aliphatic carbocycles. The normalized spacial score (nSPS) is 12.4. The maximum absolute atomic E-state index is 4.01. The number of hydrogen-bond acceptors (Lipinski definition) is 2. The summed E-state index contributed by atoms with van der Waals surface area (Å²) >= 11 is 0. The topological polar surface area (TPSA) is 30.7 Å². The molecule has 0 aliphatic rings. The Labute approximate surface area is 179 Å². The van der Waals surface area contributed by atoms with Gasteiger partial charge in [0.1, 0.15) is 12.7 Å². The molecule has 1 aromatic carbocycles. The lowest BCUT2D eigenvalue weighted by atomic mass is 9.87. The minimum absolute atomic E-state index is 0.557. The van der Waals surface area contributed by atoms with Gasteiger partial charge in [-0.1, -0.05) is 103 Å². The molecule has 3 heteroatoms. The van der Waals surface area contributed by atoms with Gasteiger partial charge in [-0.2, -0.15) is 0 Å². The summed E-state index contributed by atoms with van der Waals surface area (Å²) in [6.07, 6.45) is 21.2. The maximum atomic E-state index is 4.01. The Morgan fingerprint density at radius 3 is 1.97 bits per heavy atom. The molecule has 1 heterocycles. The van der Waals surface area contributed by atoms with E-state index >= 15 is 0 Å². The Kier molecular flexibility index (Phi) is 11.7. The van der Waals surface area contributed by atoms with E-state index in [0.717, 1.165) is 19.4 Å². The molecule has 0 spiro atoms. The average Bonchev–Trinajstić information content (AvgIpc) is 3.27. The van der Waals surface area contributed by atoms with Crippen molar-refractivity contribution in [2.24, 2.45) is 0 Å². The number of nitrogens with zero attached hydrogens (tertiary/aromatic N) is 3. The molecule has 1 atom stereocenters. The zero-order chi connectivity index (χ0) is 20.7. The summed E-state index contributed by atoms with van der Waals surface area (Å²) in [6.45, 7) is 7.81. The van der Waals surface area contributed by atoms with Crippen molar-refractivity contribution in [3.63, 3.8) is 0 Å². The second-order valence-electron chi connectivity index (χ2n) is 8.57. The molecule has 1 aromatic heterocycles. The van der Waals surface area contributed by atoms with Crippen molar-refractivity contribution in [3.05, 3.63) is 47.5 Å². The van der Waals surface area contributed by atoms with Crippen LogP contribution < -0.4 is 0 Å². The molecule has 29 heavy (non-hydrogen) atoms. The Hall–Kier alpha value is -1.64. The van der Waals surface area contributed by atoms with Gasteiger partial charge in [0.05, 0.1) is 0 Å². The molecule has 0 N–H and O–H groups in total. The minimum atomic E-state index is 0.557.